The van der Waals surface area contributed by atoms with E-state index in [0.29, 0.717) is 35.0 Å². The van der Waals surface area contributed by atoms with E-state index in [9.17, 15) is 4.79 Å². The summed E-state index contributed by atoms with van der Waals surface area (Å²) in [6.45, 7) is 4.72. The number of carbonyl (C=O) groups is 1. The molecule has 1 aliphatic carbocycles. The summed E-state index contributed by atoms with van der Waals surface area (Å²) in [7, 11) is 0. The van der Waals surface area contributed by atoms with Crippen LogP contribution in [-0.2, 0) is 13.0 Å². The van der Waals surface area contributed by atoms with Gasteiger partial charge in [0.25, 0.3) is 5.91 Å². The van der Waals surface area contributed by atoms with E-state index in [2.05, 4.69) is 56.6 Å². The lowest BCUT2D eigenvalue weighted by atomic mass is 9.56. The Morgan fingerprint density at radius 3 is 2.54 bits per heavy atom. The number of imidazole rings is 1. The zero-order valence-corrected chi connectivity index (χ0v) is 20.5. The van der Waals surface area contributed by atoms with Gasteiger partial charge in [0.2, 0.25) is 0 Å². The highest BCUT2D eigenvalue weighted by Crippen LogP contribution is 2.56. The molecule has 0 atom stereocenters. The molecule has 3 aromatic heterocycles. The Balaban J connectivity index is 1.05. The third kappa shape index (κ3) is 4.06. The predicted octanol–water partition coefficient (Wildman–Crippen LogP) is 5.26. The van der Waals surface area contributed by atoms with Crippen LogP contribution in [0.4, 0.5) is 5.69 Å². The van der Waals surface area contributed by atoms with Crippen LogP contribution < -0.4 is 10.2 Å². The normalized spacial score (nSPS) is 16.8. The van der Waals surface area contributed by atoms with Crippen LogP contribution in [0.5, 0.6) is 0 Å². The number of halogens is 1. The molecule has 178 valence electrons. The lowest BCUT2D eigenvalue weighted by molar-refractivity contribution is 0.0633. The summed E-state index contributed by atoms with van der Waals surface area (Å²) in [6, 6.07) is 16.5. The number of nitrogens with zero attached hydrogens (tertiary/aromatic N) is 4. The zero-order valence-electron chi connectivity index (χ0n) is 19.7. The van der Waals surface area contributed by atoms with E-state index in [1.165, 1.54) is 24.1 Å². The average Bonchev–Trinajstić information content (AvgIpc) is 3.20. The van der Waals surface area contributed by atoms with Gasteiger partial charge in [-0.1, -0.05) is 30.7 Å². The van der Waals surface area contributed by atoms with Gasteiger partial charge >= 0.3 is 0 Å². The van der Waals surface area contributed by atoms with Gasteiger partial charge in [-0.2, -0.15) is 0 Å². The Labute approximate surface area is 210 Å². The fourth-order valence-corrected chi connectivity index (χ4v) is 5.87. The molecule has 0 bridgehead atoms. The number of aryl methyl sites for hydroxylation is 1. The molecule has 6 nitrogen and oxygen atoms in total. The van der Waals surface area contributed by atoms with Crippen molar-refractivity contribution in [2.24, 2.45) is 5.41 Å². The lowest BCUT2D eigenvalue weighted by Crippen LogP contribution is -2.61. The van der Waals surface area contributed by atoms with Crippen molar-refractivity contribution in [3.63, 3.8) is 0 Å². The predicted molar refractivity (Wildman–Crippen MR) is 138 cm³/mol. The van der Waals surface area contributed by atoms with Gasteiger partial charge < -0.3 is 10.2 Å². The van der Waals surface area contributed by atoms with Crippen LogP contribution in [0.3, 0.4) is 0 Å². The van der Waals surface area contributed by atoms with Gasteiger partial charge in [-0.05, 0) is 72.7 Å². The minimum absolute atomic E-state index is 0.140. The van der Waals surface area contributed by atoms with Crippen molar-refractivity contribution in [2.45, 2.75) is 38.6 Å². The summed E-state index contributed by atoms with van der Waals surface area (Å²) < 4.78 is 1.78. The van der Waals surface area contributed by atoms with Gasteiger partial charge in [0.15, 0.2) is 0 Å². The first kappa shape index (κ1) is 22.1. The first-order valence-corrected chi connectivity index (χ1v) is 12.6. The van der Waals surface area contributed by atoms with Gasteiger partial charge in [-0.25, -0.2) is 4.98 Å². The third-order valence-corrected chi connectivity index (χ3v) is 7.77. The van der Waals surface area contributed by atoms with Crippen LogP contribution >= 0.6 is 11.6 Å². The maximum Gasteiger partial charge on any atom is 0.270 e. The highest BCUT2D eigenvalue weighted by Gasteiger charge is 2.52. The Hall–Kier alpha value is -3.38. The number of rotatable bonds is 6. The molecule has 1 aliphatic heterocycles. The number of hydrogen-bond acceptors (Lipinski definition) is 4. The molecule has 7 heteroatoms. The summed E-state index contributed by atoms with van der Waals surface area (Å²) in [4.78, 5) is 24.2. The van der Waals surface area contributed by atoms with Crippen LogP contribution in [0.25, 0.3) is 5.65 Å². The van der Waals surface area contributed by atoms with Gasteiger partial charge in [-0.3, -0.25) is 14.2 Å². The molecule has 1 spiro atoms. The van der Waals surface area contributed by atoms with Crippen molar-refractivity contribution in [3.8, 4) is 0 Å². The van der Waals surface area contributed by atoms with Gasteiger partial charge in [-0.15, -0.1) is 0 Å². The van der Waals surface area contributed by atoms with E-state index in [0.717, 1.165) is 30.0 Å². The van der Waals surface area contributed by atoms with E-state index in [1.807, 2.05) is 25.4 Å². The number of fused-ring (bicyclic) bond motifs is 1. The number of amides is 1. The zero-order chi connectivity index (χ0) is 24.0. The number of hydrogen-bond donors (Lipinski definition) is 1. The van der Waals surface area contributed by atoms with Crippen LogP contribution in [0, 0.1) is 5.41 Å². The molecule has 6 rings (SSSR count). The molecule has 0 unspecified atom stereocenters. The Morgan fingerprint density at radius 1 is 1.09 bits per heavy atom. The molecule has 2 aliphatic rings. The molecular formula is C28H28ClN5O. The third-order valence-electron chi connectivity index (χ3n) is 7.55. The second-order valence-electron chi connectivity index (χ2n) is 9.93. The first-order valence-electron chi connectivity index (χ1n) is 12.2. The Morgan fingerprint density at radius 2 is 1.83 bits per heavy atom. The highest BCUT2D eigenvalue weighted by molar-refractivity contribution is 6.30. The maximum atomic E-state index is 13.0. The number of pyridine rings is 2. The van der Waals surface area contributed by atoms with Crippen molar-refractivity contribution >= 4 is 28.8 Å². The summed E-state index contributed by atoms with van der Waals surface area (Å²) in [5.74, 6) is 0.544. The SMILES string of the molecule is CCc1nc2ccc(Cl)cn2c1C(=O)NCc1ccc(N2CC3(CC(c4ccncc4)C3)C2)cc1. The average molecular weight is 486 g/mol. The van der Waals surface area contributed by atoms with E-state index in [-0.39, 0.29) is 5.91 Å². The number of carbonyl (C=O) groups excluding carboxylic acids is 1. The molecule has 1 saturated carbocycles. The quantitative estimate of drug-likeness (QED) is 0.404. The van der Waals surface area contributed by atoms with Gasteiger partial charge in [0, 0.05) is 49.3 Å². The molecule has 4 aromatic rings. The van der Waals surface area contributed by atoms with Crippen LogP contribution in [0.15, 0.2) is 67.1 Å². The molecule has 1 saturated heterocycles. The number of anilines is 1. The molecule has 2 fully saturated rings. The van der Waals surface area contributed by atoms with E-state index < -0.39 is 0 Å². The Kier molecular flexibility index (Phi) is 5.49. The van der Waals surface area contributed by atoms with E-state index in [1.54, 1.807) is 16.7 Å². The molecule has 1 aromatic carbocycles. The van der Waals surface area contributed by atoms with Crippen molar-refractivity contribution in [1.82, 2.24) is 19.7 Å². The van der Waals surface area contributed by atoms with Gasteiger partial charge in [0.1, 0.15) is 11.3 Å². The topological polar surface area (TPSA) is 62.5 Å². The monoisotopic (exact) mass is 485 g/mol. The van der Waals surface area contributed by atoms with Crippen molar-refractivity contribution in [3.05, 3.63) is 94.7 Å². The summed E-state index contributed by atoms with van der Waals surface area (Å²) >= 11 is 6.16. The molecule has 4 heterocycles. The lowest BCUT2D eigenvalue weighted by Gasteiger charge is -2.60. The van der Waals surface area contributed by atoms with Crippen molar-refractivity contribution in [1.29, 1.82) is 0 Å². The van der Waals surface area contributed by atoms with Gasteiger partial charge in [0.05, 0.1) is 10.7 Å². The molecule has 0 radical (unpaired) electrons. The summed E-state index contributed by atoms with van der Waals surface area (Å²) in [6.07, 6.45) is 8.75. The molecular weight excluding hydrogens is 458 g/mol. The smallest absolute Gasteiger partial charge is 0.270 e. The van der Waals surface area contributed by atoms with Crippen LogP contribution in [0.2, 0.25) is 5.02 Å². The number of aromatic nitrogens is 3. The van der Waals surface area contributed by atoms with E-state index >= 15 is 0 Å². The Bertz CT molecular complexity index is 1370. The largest absolute Gasteiger partial charge is 0.370 e. The highest BCUT2D eigenvalue weighted by atomic mass is 35.5. The second-order valence-corrected chi connectivity index (χ2v) is 10.4. The number of nitrogens with one attached hydrogen (secondary N) is 1. The van der Waals surface area contributed by atoms with Crippen molar-refractivity contribution < 1.29 is 4.79 Å². The second kappa shape index (κ2) is 8.68. The first-order chi connectivity index (χ1) is 17.0. The summed E-state index contributed by atoms with van der Waals surface area (Å²) in [5, 5.41) is 3.63. The fraction of sp³-hybridized carbons (Fsp3) is 0.321. The fourth-order valence-electron chi connectivity index (χ4n) is 5.71. The van der Waals surface area contributed by atoms with E-state index in [4.69, 9.17) is 11.6 Å². The summed E-state index contributed by atoms with van der Waals surface area (Å²) in [5.41, 5.74) is 6.28. The van der Waals surface area contributed by atoms with Crippen molar-refractivity contribution in [2.75, 3.05) is 18.0 Å². The minimum atomic E-state index is -0.140. The molecule has 35 heavy (non-hydrogen) atoms. The van der Waals surface area contributed by atoms with Crippen LogP contribution in [-0.4, -0.2) is 33.4 Å². The maximum absolute atomic E-state index is 13.0. The molecule has 1 amide bonds. The number of benzene rings is 1. The standard InChI is InChI=1S/C28H28ClN5O/c1-2-24-26(34-16-22(29)5-8-25(34)32-24)27(35)31-15-19-3-6-23(7-4-19)33-17-28(18-33)13-21(14-28)20-9-11-30-12-10-20/h3-12,16,21H,2,13-15,17-18H2,1H3,(H,31,35). The van der Waals surface area contributed by atoms with Crippen LogP contribution in [0.1, 0.15) is 53.0 Å². The minimum Gasteiger partial charge on any atom is -0.370 e. The molecule has 1 N–H and O–H groups in total.